The fourth-order valence-electron chi connectivity index (χ4n) is 8.81. The molecule has 0 aliphatic heterocycles. The number of fused-ring (bicyclic) bond motifs is 5. The van der Waals surface area contributed by atoms with Gasteiger partial charge in [-0.25, -0.2) is 4.39 Å². The van der Waals surface area contributed by atoms with Gasteiger partial charge in [0.1, 0.15) is 11.9 Å². The first kappa shape index (κ1) is 36.2. The van der Waals surface area contributed by atoms with Crippen molar-refractivity contribution >= 4 is 0 Å². The zero-order chi connectivity index (χ0) is 33.4. The van der Waals surface area contributed by atoms with Gasteiger partial charge in [-0.3, -0.25) is 0 Å². The molecule has 45 heavy (non-hydrogen) atoms. The van der Waals surface area contributed by atoms with Crippen LogP contribution in [0.4, 0.5) is 35.1 Å². The number of nitrogens with zero attached hydrogens (tertiary/aromatic N) is 1. The number of halogens is 8. The number of hydrogen-bond donors (Lipinski definition) is 2. The third-order valence-electron chi connectivity index (χ3n) is 11.6. The molecule has 0 heterocycles. The highest BCUT2D eigenvalue weighted by atomic mass is 19.4. The summed E-state index contributed by atoms with van der Waals surface area (Å²) in [7, 11) is 1.93. The number of hydrogen-bond acceptors (Lipinski definition) is 3. The van der Waals surface area contributed by atoms with E-state index in [9.17, 15) is 40.9 Å². The van der Waals surface area contributed by atoms with Crippen LogP contribution in [0.1, 0.15) is 108 Å². The molecule has 0 saturated heterocycles. The van der Waals surface area contributed by atoms with Gasteiger partial charge in [0.15, 0.2) is 0 Å². The maximum Gasteiger partial charge on any atom is 0.459 e. The number of alkyl halides is 8. The highest BCUT2D eigenvalue weighted by Crippen LogP contribution is 2.66. The molecule has 2 saturated carbocycles. The second-order valence-electron chi connectivity index (χ2n) is 14.6. The Balaban J connectivity index is 1.22. The third kappa shape index (κ3) is 7.29. The molecule has 3 aliphatic rings. The molecule has 2 fully saturated rings. The van der Waals surface area contributed by atoms with Crippen LogP contribution in [-0.2, 0) is 6.42 Å². The summed E-state index contributed by atoms with van der Waals surface area (Å²) in [6, 6.07) is 5.32. The average Bonchev–Trinajstić information content (AvgIpc) is 3.16. The van der Waals surface area contributed by atoms with E-state index >= 15 is 4.39 Å². The van der Waals surface area contributed by atoms with E-state index in [0.717, 1.165) is 56.2 Å². The molecule has 3 unspecified atom stereocenters. The zero-order valence-corrected chi connectivity index (χ0v) is 26.6. The highest BCUT2D eigenvalue weighted by molar-refractivity contribution is 5.41. The second kappa shape index (κ2) is 13.5. The Kier molecular flexibility index (Phi) is 10.8. The van der Waals surface area contributed by atoms with Crippen molar-refractivity contribution in [3.05, 3.63) is 29.3 Å². The van der Waals surface area contributed by atoms with E-state index in [1.807, 2.05) is 20.0 Å². The molecule has 0 spiro atoms. The first-order valence-corrected chi connectivity index (χ1v) is 16.5. The van der Waals surface area contributed by atoms with Crippen molar-refractivity contribution in [2.75, 3.05) is 20.1 Å². The number of phenols is 1. The van der Waals surface area contributed by atoms with Crippen LogP contribution in [0.5, 0.6) is 5.75 Å². The minimum atomic E-state index is -6.28. The molecule has 4 rings (SSSR count). The van der Waals surface area contributed by atoms with Gasteiger partial charge < -0.3 is 15.1 Å². The zero-order valence-electron chi connectivity index (χ0n) is 26.6. The SMILES string of the molecule is CN(CCCCCCC(F)(F)C(F)(F)C(F)(F)F)CCCCC[C@@H]1Cc2cc(O)ccc2C2C1C1CC[C@](C)(O)[C@@]1(C)C[C@@H]2F. The van der Waals surface area contributed by atoms with Crippen molar-refractivity contribution in [2.45, 2.75) is 133 Å². The summed E-state index contributed by atoms with van der Waals surface area (Å²) in [6.45, 7) is 5.40. The first-order valence-electron chi connectivity index (χ1n) is 16.5. The molecular weight excluding hydrogens is 606 g/mol. The summed E-state index contributed by atoms with van der Waals surface area (Å²) in [5.74, 6) is -10.6. The summed E-state index contributed by atoms with van der Waals surface area (Å²) in [5.41, 5.74) is 0.655. The first-order chi connectivity index (χ1) is 20.8. The maximum absolute atomic E-state index is 16.1. The van der Waals surface area contributed by atoms with Crippen LogP contribution in [0.15, 0.2) is 18.2 Å². The van der Waals surface area contributed by atoms with Crippen molar-refractivity contribution in [3.8, 4) is 5.75 Å². The molecular formula is C34H49F8NO2. The quantitative estimate of drug-likeness (QED) is 0.155. The predicted octanol–water partition coefficient (Wildman–Crippen LogP) is 9.45. The van der Waals surface area contributed by atoms with Crippen LogP contribution in [-0.4, -0.2) is 65.0 Å². The summed E-state index contributed by atoms with van der Waals surface area (Å²) in [6.07, 6.45) is -1.55. The van der Waals surface area contributed by atoms with Gasteiger partial charge in [0.25, 0.3) is 0 Å². The van der Waals surface area contributed by atoms with Crippen molar-refractivity contribution in [3.63, 3.8) is 0 Å². The monoisotopic (exact) mass is 655 g/mol. The lowest BCUT2D eigenvalue weighted by molar-refractivity contribution is -0.355. The van der Waals surface area contributed by atoms with Crippen molar-refractivity contribution in [1.82, 2.24) is 4.90 Å². The highest BCUT2D eigenvalue weighted by Gasteiger charge is 2.72. The fourth-order valence-corrected chi connectivity index (χ4v) is 8.81. The molecule has 258 valence electrons. The van der Waals surface area contributed by atoms with Gasteiger partial charge in [0.2, 0.25) is 0 Å². The Labute approximate surface area is 261 Å². The van der Waals surface area contributed by atoms with E-state index in [0.29, 0.717) is 32.2 Å². The summed E-state index contributed by atoms with van der Waals surface area (Å²) in [4.78, 5) is 2.10. The lowest BCUT2D eigenvalue weighted by atomic mass is 9.50. The van der Waals surface area contributed by atoms with Gasteiger partial charge in [-0.1, -0.05) is 38.7 Å². The fraction of sp³-hybridized carbons (Fsp3) is 0.824. The molecule has 3 nitrogen and oxygen atoms in total. The number of phenolic OH excluding ortho intramolecular Hbond substituents is 1. The molecule has 0 amide bonds. The van der Waals surface area contributed by atoms with Gasteiger partial charge in [-0.15, -0.1) is 0 Å². The molecule has 2 N–H and O–H groups in total. The minimum Gasteiger partial charge on any atom is -0.508 e. The molecule has 0 bridgehead atoms. The second-order valence-corrected chi connectivity index (χ2v) is 14.6. The van der Waals surface area contributed by atoms with E-state index in [4.69, 9.17) is 0 Å². The average molecular weight is 656 g/mol. The van der Waals surface area contributed by atoms with Crippen LogP contribution >= 0.6 is 0 Å². The summed E-state index contributed by atoms with van der Waals surface area (Å²) >= 11 is 0. The molecule has 0 radical (unpaired) electrons. The van der Waals surface area contributed by atoms with Crippen LogP contribution < -0.4 is 0 Å². The molecule has 11 heteroatoms. The predicted molar refractivity (Wildman–Crippen MR) is 157 cm³/mol. The van der Waals surface area contributed by atoms with Crippen molar-refractivity contribution in [2.24, 2.45) is 23.2 Å². The molecule has 1 aromatic rings. The number of rotatable bonds is 14. The molecule has 0 aromatic heterocycles. The summed E-state index contributed by atoms with van der Waals surface area (Å²) in [5, 5.41) is 21.4. The van der Waals surface area contributed by atoms with Gasteiger partial charge in [-0.2, -0.15) is 30.7 Å². The van der Waals surface area contributed by atoms with E-state index in [1.54, 1.807) is 12.1 Å². The van der Waals surface area contributed by atoms with Crippen LogP contribution in [0, 0.1) is 23.2 Å². The van der Waals surface area contributed by atoms with Crippen molar-refractivity contribution in [1.29, 1.82) is 0 Å². The smallest absolute Gasteiger partial charge is 0.459 e. The Morgan fingerprint density at radius 1 is 0.911 bits per heavy atom. The van der Waals surface area contributed by atoms with Crippen LogP contribution in [0.25, 0.3) is 0 Å². The van der Waals surface area contributed by atoms with Crippen molar-refractivity contribution < 1.29 is 45.3 Å². The molecule has 3 aliphatic carbocycles. The Hall–Kier alpha value is -1.62. The van der Waals surface area contributed by atoms with Gasteiger partial charge >= 0.3 is 18.0 Å². The summed E-state index contributed by atoms with van der Waals surface area (Å²) < 4.78 is 106. The van der Waals surface area contributed by atoms with Crippen LogP contribution in [0.2, 0.25) is 0 Å². The molecule has 7 atom stereocenters. The Morgan fingerprint density at radius 3 is 2.18 bits per heavy atom. The third-order valence-corrected chi connectivity index (χ3v) is 11.6. The number of unbranched alkanes of at least 4 members (excludes halogenated alkanes) is 5. The van der Waals surface area contributed by atoms with E-state index < -0.39 is 48.1 Å². The van der Waals surface area contributed by atoms with Gasteiger partial charge in [0.05, 0.1) is 5.60 Å². The van der Waals surface area contributed by atoms with Gasteiger partial charge in [-0.05, 0) is 119 Å². The number of aromatic hydroxyl groups is 1. The Morgan fingerprint density at radius 2 is 1.53 bits per heavy atom. The maximum atomic E-state index is 16.1. The van der Waals surface area contributed by atoms with E-state index in [2.05, 4.69) is 11.8 Å². The van der Waals surface area contributed by atoms with E-state index in [-0.39, 0.29) is 35.8 Å². The lowest BCUT2D eigenvalue weighted by Gasteiger charge is -2.56. The number of benzene rings is 1. The minimum absolute atomic E-state index is 0.132. The molecule has 1 aromatic carbocycles. The topological polar surface area (TPSA) is 43.7 Å². The van der Waals surface area contributed by atoms with E-state index in [1.165, 1.54) is 0 Å². The van der Waals surface area contributed by atoms with Gasteiger partial charge in [0, 0.05) is 17.8 Å². The normalized spacial score (nSPS) is 32.0. The van der Waals surface area contributed by atoms with Crippen LogP contribution in [0.3, 0.4) is 0 Å². The number of aliphatic hydroxyl groups is 1. The Bertz CT molecular complexity index is 1140. The lowest BCUT2D eigenvalue weighted by Crippen LogP contribution is -2.54. The largest absolute Gasteiger partial charge is 0.508 e. The standard InChI is InChI=1S/C34H49F8NO2/c1-30-21-27(35)29-25-13-12-24(44)20-23(25)19-22(28(29)26(30)14-16-31(30,2)45)11-7-6-10-18-43(3)17-9-5-4-8-15-32(36,37)33(38,39)34(40,41)42/h12-13,20,22,26-29,44-45H,4-11,14-19,21H2,1-3H3/t22-,26?,27+,28?,29?,30+,31+/m1/s1.